The Morgan fingerprint density at radius 1 is 0.926 bits per heavy atom. The third-order valence-electron chi connectivity index (χ3n) is 3.55. The molecule has 0 aliphatic heterocycles. The summed E-state index contributed by atoms with van der Waals surface area (Å²) in [4.78, 5) is 24.0. The van der Waals surface area contributed by atoms with E-state index >= 15 is 0 Å². The topological polar surface area (TPSA) is 52.6 Å². The van der Waals surface area contributed by atoms with Gasteiger partial charge in [-0.3, -0.25) is 4.79 Å². The van der Waals surface area contributed by atoms with Gasteiger partial charge in [-0.15, -0.1) is 0 Å². The summed E-state index contributed by atoms with van der Waals surface area (Å²) in [6, 6.07) is 14.6. The highest BCUT2D eigenvalue weighted by Crippen LogP contribution is 2.23. The number of allylic oxidation sites excluding steroid dienone is 1. The molecule has 0 heterocycles. The summed E-state index contributed by atoms with van der Waals surface area (Å²) in [7, 11) is 1.56. The van der Waals surface area contributed by atoms with Crippen LogP contribution in [-0.2, 0) is 9.53 Å². The van der Waals surface area contributed by atoms with Gasteiger partial charge in [0.2, 0.25) is 0 Å². The monoisotopic (exact) mass is 364 g/mol. The van der Waals surface area contributed by atoms with Crippen LogP contribution in [-0.4, -0.2) is 24.5 Å². The molecule has 0 aliphatic carbocycles. The van der Waals surface area contributed by atoms with Crippen LogP contribution in [0.15, 0.2) is 60.7 Å². The van der Waals surface area contributed by atoms with Crippen molar-refractivity contribution in [3.05, 3.63) is 77.4 Å². The molecule has 0 unspecified atom stereocenters. The molecule has 27 heavy (non-hydrogen) atoms. The Hall–Kier alpha value is -3.14. The number of hydrogen-bond donors (Lipinski definition) is 0. The average Bonchev–Trinajstić information content (AvgIpc) is 2.64. The molecular weight excluding hydrogens is 340 g/mol. The largest absolute Gasteiger partial charge is 0.496 e. The summed E-state index contributed by atoms with van der Waals surface area (Å²) in [5.74, 6) is 0.120. The lowest BCUT2D eigenvalue weighted by Gasteiger charge is -2.17. The first-order valence-corrected chi connectivity index (χ1v) is 8.65. The SMILES string of the molecule is COc1cc(C=CC(=O)c2ccccc2)ccc1C=CC(=O)OC(C)(C)C. The number of carbonyl (C=O) groups excluding carboxylic acids is 2. The van der Waals surface area contributed by atoms with E-state index in [2.05, 4.69) is 0 Å². The second kappa shape index (κ2) is 8.99. The van der Waals surface area contributed by atoms with Crippen LogP contribution in [0.25, 0.3) is 12.2 Å². The molecule has 0 aromatic heterocycles. The Morgan fingerprint density at radius 3 is 2.26 bits per heavy atom. The van der Waals surface area contributed by atoms with Gasteiger partial charge in [0.05, 0.1) is 7.11 Å². The zero-order chi connectivity index (χ0) is 19.9. The fourth-order valence-electron chi connectivity index (χ4n) is 2.33. The molecule has 2 aromatic carbocycles. The fraction of sp³-hybridized carbons (Fsp3) is 0.217. The van der Waals surface area contributed by atoms with Crippen molar-refractivity contribution in [3.63, 3.8) is 0 Å². The number of carbonyl (C=O) groups is 2. The van der Waals surface area contributed by atoms with Gasteiger partial charge in [-0.05, 0) is 44.6 Å². The molecule has 0 fully saturated rings. The van der Waals surface area contributed by atoms with E-state index in [0.29, 0.717) is 11.3 Å². The lowest BCUT2D eigenvalue weighted by atomic mass is 10.1. The van der Waals surface area contributed by atoms with E-state index in [4.69, 9.17) is 9.47 Å². The highest BCUT2D eigenvalue weighted by atomic mass is 16.6. The van der Waals surface area contributed by atoms with Gasteiger partial charge in [-0.2, -0.15) is 0 Å². The minimum Gasteiger partial charge on any atom is -0.496 e. The minimum atomic E-state index is -0.536. The number of rotatable bonds is 6. The molecule has 140 valence electrons. The predicted molar refractivity (Wildman–Crippen MR) is 108 cm³/mol. The highest BCUT2D eigenvalue weighted by molar-refractivity contribution is 6.06. The van der Waals surface area contributed by atoms with E-state index in [1.54, 1.807) is 31.4 Å². The van der Waals surface area contributed by atoms with Crippen molar-refractivity contribution in [3.8, 4) is 5.75 Å². The number of hydrogen-bond acceptors (Lipinski definition) is 4. The van der Waals surface area contributed by atoms with Crippen LogP contribution in [0.5, 0.6) is 5.75 Å². The first kappa shape index (κ1) is 20.2. The first-order chi connectivity index (χ1) is 12.8. The van der Waals surface area contributed by atoms with Crippen molar-refractivity contribution in [2.75, 3.05) is 7.11 Å². The summed E-state index contributed by atoms with van der Waals surface area (Å²) in [6.07, 6.45) is 6.28. The molecule has 0 saturated heterocycles. The standard InChI is InChI=1S/C23H24O4/c1-23(2,3)27-22(25)15-13-19-12-10-17(16-21(19)26-4)11-14-20(24)18-8-6-5-7-9-18/h5-16H,1-4H3. The third-order valence-corrected chi connectivity index (χ3v) is 3.55. The van der Waals surface area contributed by atoms with Crippen molar-refractivity contribution in [1.29, 1.82) is 0 Å². The first-order valence-electron chi connectivity index (χ1n) is 8.65. The predicted octanol–water partition coefficient (Wildman–Crippen LogP) is 4.95. The molecule has 4 nitrogen and oxygen atoms in total. The Labute approximate surface area is 160 Å². The van der Waals surface area contributed by atoms with Gasteiger partial charge in [0, 0.05) is 17.2 Å². The smallest absolute Gasteiger partial charge is 0.331 e. The van der Waals surface area contributed by atoms with E-state index < -0.39 is 11.6 Å². The quantitative estimate of drug-likeness (QED) is 0.414. The molecular formula is C23H24O4. The summed E-state index contributed by atoms with van der Waals surface area (Å²) < 4.78 is 10.6. The fourth-order valence-corrected chi connectivity index (χ4v) is 2.33. The molecule has 0 atom stereocenters. The Morgan fingerprint density at radius 2 is 1.63 bits per heavy atom. The third kappa shape index (κ3) is 6.59. The van der Waals surface area contributed by atoms with Gasteiger partial charge < -0.3 is 9.47 Å². The average molecular weight is 364 g/mol. The van der Waals surface area contributed by atoms with Gasteiger partial charge in [0.25, 0.3) is 0 Å². The zero-order valence-electron chi connectivity index (χ0n) is 16.1. The maximum absolute atomic E-state index is 12.2. The molecule has 0 amide bonds. The second-order valence-electron chi connectivity index (χ2n) is 6.93. The van der Waals surface area contributed by atoms with Crippen LogP contribution >= 0.6 is 0 Å². The van der Waals surface area contributed by atoms with Crippen LogP contribution in [0.1, 0.15) is 42.3 Å². The molecule has 4 heteroatoms. The van der Waals surface area contributed by atoms with Gasteiger partial charge >= 0.3 is 5.97 Å². The maximum atomic E-state index is 12.2. The zero-order valence-corrected chi connectivity index (χ0v) is 16.1. The van der Waals surface area contributed by atoms with E-state index in [0.717, 1.165) is 11.1 Å². The van der Waals surface area contributed by atoms with Crippen LogP contribution in [0.4, 0.5) is 0 Å². The molecule has 0 radical (unpaired) electrons. The summed E-state index contributed by atoms with van der Waals surface area (Å²) in [6.45, 7) is 5.45. The number of ketones is 1. The number of benzene rings is 2. The summed E-state index contributed by atoms with van der Waals surface area (Å²) >= 11 is 0. The minimum absolute atomic E-state index is 0.0662. The van der Waals surface area contributed by atoms with Crippen molar-refractivity contribution >= 4 is 23.9 Å². The van der Waals surface area contributed by atoms with Gasteiger partial charge in [0.15, 0.2) is 5.78 Å². The Bertz CT molecular complexity index is 856. The summed E-state index contributed by atoms with van der Waals surface area (Å²) in [5, 5.41) is 0. The highest BCUT2D eigenvalue weighted by Gasteiger charge is 2.14. The number of methoxy groups -OCH3 is 1. The molecule has 0 bridgehead atoms. The van der Waals surface area contributed by atoms with Crippen molar-refractivity contribution in [2.24, 2.45) is 0 Å². The second-order valence-corrected chi connectivity index (χ2v) is 6.93. The molecule has 0 N–H and O–H groups in total. The molecule has 0 spiro atoms. The van der Waals surface area contributed by atoms with Crippen molar-refractivity contribution in [2.45, 2.75) is 26.4 Å². The van der Waals surface area contributed by atoms with E-state index in [1.807, 2.05) is 57.2 Å². The lowest BCUT2D eigenvalue weighted by molar-refractivity contribution is -0.148. The molecule has 0 aliphatic rings. The lowest BCUT2D eigenvalue weighted by Crippen LogP contribution is -2.22. The van der Waals surface area contributed by atoms with Crippen LogP contribution < -0.4 is 4.74 Å². The maximum Gasteiger partial charge on any atom is 0.331 e. The van der Waals surface area contributed by atoms with Crippen LogP contribution in [0.2, 0.25) is 0 Å². The van der Waals surface area contributed by atoms with Gasteiger partial charge in [0.1, 0.15) is 11.4 Å². The van der Waals surface area contributed by atoms with Crippen LogP contribution in [0, 0.1) is 0 Å². The van der Waals surface area contributed by atoms with Crippen molar-refractivity contribution in [1.82, 2.24) is 0 Å². The van der Waals surface area contributed by atoms with Gasteiger partial charge in [-0.25, -0.2) is 4.79 Å². The number of esters is 1. The number of ether oxygens (including phenoxy) is 2. The van der Waals surface area contributed by atoms with Crippen LogP contribution in [0.3, 0.4) is 0 Å². The van der Waals surface area contributed by atoms with Gasteiger partial charge in [-0.1, -0.05) is 48.5 Å². The molecule has 0 saturated carbocycles. The van der Waals surface area contributed by atoms with Crippen molar-refractivity contribution < 1.29 is 19.1 Å². The summed E-state index contributed by atoms with van der Waals surface area (Å²) in [5.41, 5.74) is 1.67. The van der Waals surface area contributed by atoms with E-state index in [9.17, 15) is 9.59 Å². The molecule has 2 rings (SSSR count). The van der Waals surface area contributed by atoms with E-state index in [-0.39, 0.29) is 5.78 Å². The van der Waals surface area contributed by atoms with E-state index in [1.165, 1.54) is 12.2 Å². The molecule has 2 aromatic rings. The Balaban J connectivity index is 2.12. The normalized spacial score (nSPS) is 11.7. The Kier molecular flexibility index (Phi) is 6.72.